The van der Waals surface area contributed by atoms with E-state index in [2.05, 4.69) is 40.3 Å². The van der Waals surface area contributed by atoms with E-state index in [0.717, 1.165) is 29.6 Å². The van der Waals surface area contributed by atoms with Gasteiger partial charge in [0, 0.05) is 12.5 Å². The number of hydrogen-bond donors (Lipinski definition) is 1. The fraction of sp³-hybridized carbons (Fsp3) is 0.600. The highest BCUT2D eigenvalue weighted by Crippen LogP contribution is 2.26. The maximum atomic E-state index is 5.54. The monoisotopic (exact) mass is 343 g/mol. The molecule has 4 nitrogen and oxygen atoms in total. The highest BCUT2D eigenvalue weighted by molar-refractivity contribution is 9.10. The van der Waals surface area contributed by atoms with Gasteiger partial charge in [-0.2, -0.15) is 0 Å². The Hall–Kier alpha value is -0.620. The van der Waals surface area contributed by atoms with Gasteiger partial charge in [-0.15, -0.1) is 0 Å². The van der Waals surface area contributed by atoms with Crippen LogP contribution in [0.1, 0.15) is 18.9 Å². The van der Waals surface area contributed by atoms with Crippen LogP contribution < -0.4 is 10.1 Å². The molecule has 0 bridgehead atoms. The number of halogens is 1. The van der Waals surface area contributed by atoms with Crippen LogP contribution in [0.4, 0.5) is 0 Å². The largest absolute Gasteiger partial charge is 0.496 e. The molecule has 1 aliphatic rings. The van der Waals surface area contributed by atoms with Gasteiger partial charge in [-0.3, -0.25) is 0 Å². The highest BCUT2D eigenvalue weighted by Gasteiger charge is 2.21. The van der Waals surface area contributed by atoms with Gasteiger partial charge in [-0.1, -0.05) is 13.0 Å². The molecule has 0 aliphatic carbocycles. The Morgan fingerprint density at radius 2 is 2.15 bits per heavy atom. The Morgan fingerprint density at radius 3 is 2.75 bits per heavy atom. The van der Waals surface area contributed by atoms with Crippen LogP contribution in [-0.2, 0) is 15.9 Å². The van der Waals surface area contributed by atoms with Gasteiger partial charge in [0.1, 0.15) is 5.75 Å². The molecule has 0 spiro atoms. The van der Waals surface area contributed by atoms with E-state index < -0.39 is 0 Å². The molecular weight excluding hydrogens is 322 g/mol. The van der Waals surface area contributed by atoms with Crippen LogP contribution >= 0.6 is 15.9 Å². The van der Waals surface area contributed by atoms with E-state index in [1.54, 1.807) is 7.11 Å². The molecule has 1 aromatic rings. The van der Waals surface area contributed by atoms with Crippen molar-refractivity contribution < 1.29 is 14.2 Å². The standard InChI is InChI=1S/C15H22BrNO3/c1-3-17-12(10-15-19-6-7-20-15)8-11-4-5-14(18-2)13(16)9-11/h4-5,9,12,15,17H,3,6-8,10H2,1-2H3. The van der Waals surface area contributed by atoms with E-state index in [-0.39, 0.29) is 6.29 Å². The van der Waals surface area contributed by atoms with Crippen LogP contribution in [0.25, 0.3) is 0 Å². The summed E-state index contributed by atoms with van der Waals surface area (Å²) in [6, 6.07) is 6.55. The zero-order chi connectivity index (χ0) is 14.4. The second kappa shape index (κ2) is 7.98. The summed E-state index contributed by atoms with van der Waals surface area (Å²) >= 11 is 3.53. The van der Waals surface area contributed by atoms with Gasteiger partial charge >= 0.3 is 0 Å². The zero-order valence-electron chi connectivity index (χ0n) is 12.0. The molecule has 1 unspecified atom stereocenters. The second-order valence-corrected chi connectivity index (χ2v) is 5.69. The van der Waals surface area contributed by atoms with Crippen LogP contribution in [0.15, 0.2) is 22.7 Å². The maximum absolute atomic E-state index is 5.54. The third-order valence-electron chi connectivity index (χ3n) is 3.36. The van der Waals surface area contributed by atoms with Gasteiger partial charge in [0.25, 0.3) is 0 Å². The van der Waals surface area contributed by atoms with Crippen molar-refractivity contribution in [3.63, 3.8) is 0 Å². The number of likely N-dealkylation sites (N-methyl/N-ethyl adjacent to an activating group) is 1. The minimum Gasteiger partial charge on any atom is -0.496 e. The molecule has 1 heterocycles. The van der Waals surface area contributed by atoms with Crippen molar-refractivity contribution in [2.75, 3.05) is 26.9 Å². The van der Waals surface area contributed by atoms with E-state index in [9.17, 15) is 0 Å². The molecule has 20 heavy (non-hydrogen) atoms. The molecule has 1 aliphatic heterocycles. The fourth-order valence-corrected chi connectivity index (χ4v) is 3.01. The van der Waals surface area contributed by atoms with Crippen molar-refractivity contribution in [2.24, 2.45) is 0 Å². The topological polar surface area (TPSA) is 39.7 Å². The first kappa shape index (κ1) is 15.8. The van der Waals surface area contributed by atoms with Gasteiger partial charge in [-0.25, -0.2) is 0 Å². The molecule has 0 aromatic heterocycles. The van der Waals surface area contributed by atoms with Gasteiger partial charge in [0.05, 0.1) is 24.8 Å². The zero-order valence-corrected chi connectivity index (χ0v) is 13.6. The molecule has 5 heteroatoms. The van der Waals surface area contributed by atoms with Crippen molar-refractivity contribution >= 4 is 15.9 Å². The van der Waals surface area contributed by atoms with E-state index in [4.69, 9.17) is 14.2 Å². The summed E-state index contributed by atoms with van der Waals surface area (Å²) in [6.45, 7) is 4.47. The van der Waals surface area contributed by atoms with Crippen LogP contribution in [0.5, 0.6) is 5.75 Å². The van der Waals surface area contributed by atoms with Crippen molar-refractivity contribution in [2.45, 2.75) is 32.1 Å². The Morgan fingerprint density at radius 1 is 1.40 bits per heavy atom. The van der Waals surface area contributed by atoms with Crippen LogP contribution in [0.2, 0.25) is 0 Å². The third-order valence-corrected chi connectivity index (χ3v) is 3.98. The predicted molar refractivity (Wildman–Crippen MR) is 82.2 cm³/mol. The Kier molecular flexibility index (Phi) is 6.29. The van der Waals surface area contributed by atoms with E-state index in [1.165, 1.54) is 5.56 Å². The van der Waals surface area contributed by atoms with Gasteiger partial charge < -0.3 is 19.5 Å². The minimum atomic E-state index is -0.0688. The molecule has 0 saturated carbocycles. The van der Waals surface area contributed by atoms with Crippen LogP contribution in [-0.4, -0.2) is 39.2 Å². The normalized spacial score (nSPS) is 17.4. The van der Waals surface area contributed by atoms with Crippen molar-refractivity contribution in [3.8, 4) is 5.75 Å². The van der Waals surface area contributed by atoms with E-state index in [1.807, 2.05) is 6.07 Å². The summed E-state index contributed by atoms with van der Waals surface area (Å²) in [6.07, 6.45) is 1.75. The molecule has 1 saturated heterocycles. The molecule has 112 valence electrons. The molecule has 1 atom stereocenters. The summed E-state index contributed by atoms with van der Waals surface area (Å²) in [4.78, 5) is 0. The number of rotatable bonds is 7. The first-order valence-corrected chi connectivity index (χ1v) is 7.81. The number of ether oxygens (including phenoxy) is 3. The Bertz CT molecular complexity index is 422. The lowest BCUT2D eigenvalue weighted by molar-refractivity contribution is -0.0525. The number of methoxy groups -OCH3 is 1. The second-order valence-electron chi connectivity index (χ2n) is 4.83. The number of nitrogens with one attached hydrogen (secondary N) is 1. The van der Waals surface area contributed by atoms with E-state index in [0.29, 0.717) is 19.3 Å². The van der Waals surface area contributed by atoms with Crippen molar-refractivity contribution in [3.05, 3.63) is 28.2 Å². The number of hydrogen-bond acceptors (Lipinski definition) is 4. The van der Waals surface area contributed by atoms with Crippen LogP contribution in [0, 0.1) is 0 Å². The maximum Gasteiger partial charge on any atom is 0.159 e. The Balaban J connectivity index is 1.97. The molecule has 1 aromatic carbocycles. The smallest absolute Gasteiger partial charge is 0.159 e. The third kappa shape index (κ3) is 4.45. The molecule has 2 rings (SSSR count). The molecule has 1 fully saturated rings. The molecule has 1 N–H and O–H groups in total. The average Bonchev–Trinajstić information content (AvgIpc) is 2.92. The van der Waals surface area contributed by atoms with Gasteiger partial charge in [-0.05, 0) is 46.6 Å². The van der Waals surface area contributed by atoms with Crippen molar-refractivity contribution in [1.82, 2.24) is 5.32 Å². The first-order chi connectivity index (χ1) is 9.72. The summed E-state index contributed by atoms with van der Waals surface area (Å²) < 4.78 is 17.3. The quantitative estimate of drug-likeness (QED) is 0.826. The summed E-state index contributed by atoms with van der Waals surface area (Å²) in [5.74, 6) is 0.858. The van der Waals surface area contributed by atoms with Gasteiger partial charge in [0.2, 0.25) is 0 Å². The molecule has 0 amide bonds. The predicted octanol–water partition coefficient (Wildman–Crippen LogP) is 2.74. The Labute approximate surface area is 128 Å². The first-order valence-electron chi connectivity index (χ1n) is 7.02. The van der Waals surface area contributed by atoms with E-state index >= 15 is 0 Å². The molecule has 0 radical (unpaired) electrons. The van der Waals surface area contributed by atoms with Crippen molar-refractivity contribution in [1.29, 1.82) is 0 Å². The lowest BCUT2D eigenvalue weighted by Gasteiger charge is -2.21. The lowest BCUT2D eigenvalue weighted by Crippen LogP contribution is -2.34. The lowest BCUT2D eigenvalue weighted by atomic mass is 10.0. The summed E-state index contributed by atoms with van der Waals surface area (Å²) in [7, 11) is 1.68. The fourth-order valence-electron chi connectivity index (χ4n) is 2.42. The minimum absolute atomic E-state index is 0.0688. The summed E-state index contributed by atoms with van der Waals surface area (Å²) in [5, 5.41) is 3.50. The number of benzene rings is 1. The average molecular weight is 344 g/mol. The van der Waals surface area contributed by atoms with Gasteiger partial charge in [0.15, 0.2) is 6.29 Å². The molecular formula is C15H22BrNO3. The van der Waals surface area contributed by atoms with Crippen LogP contribution in [0.3, 0.4) is 0 Å². The highest BCUT2D eigenvalue weighted by atomic mass is 79.9. The SMILES string of the molecule is CCNC(Cc1ccc(OC)c(Br)c1)CC1OCCO1. The summed E-state index contributed by atoms with van der Waals surface area (Å²) in [5.41, 5.74) is 1.27.